The molecule has 0 saturated heterocycles. The van der Waals surface area contributed by atoms with Gasteiger partial charge in [0, 0.05) is 29.6 Å². The fourth-order valence-electron chi connectivity index (χ4n) is 2.78. The first-order chi connectivity index (χ1) is 8.83. The fraction of sp³-hybridized carbons (Fsp3) is 0.333. The van der Waals surface area contributed by atoms with E-state index in [2.05, 4.69) is 35.5 Å². The topological polar surface area (TPSA) is 62.0 Å². The number of nitrogens with two attached hydrogens (primary N) is 1. The van der Waals surface area contributed by atoms with E-state index in [4.69, 9.17) is 5.73 Å². The molecule has 1 aromatic carbocycles. The Balaban J connectivity index is 2.12. The monoisotopic (exact) mass is 242 g/mol. The Morgan fingerprint density at radius 1 is 1.39 bits per heavy atom. The van der Waals surface area contributed by atoms with Crippen LogP contribution in [0.25, 0.3) is 16.5 Å². The van der Waals surface area contributed by atoms with Crippen LogP contribution in [-0.4, -0.2) is 23.2 Å². The fourth-order valence-corrected chi connectivity index (χ4v) is 2.78. The number of hydrogen-bond acceptors (Lipinski definition) is 2. The molecule has 1 aliphatic rings. The molecule has 0 radical (unpaired) electrons. The van der Waals surface area contributed by atoms with Gasteiger partial charge < -0.3 is 15.8 Å². The van der Waals surface area contributed by atoms with Crippen molar-refractivity contribution in [2.24, 2.45) is 11.7 Å². The molecule has 0 amide bonds. The van der Waals surface area contributed by atoms with Crippen LogP contribution in [0.4, 0.5) is 0 Å². The molecule has 3 nitrogen and oxygen atoms in total. The number of H-pyrrole nitrogens is 1. The summed E-state index contributed by atoms with van der Waals surface area (Å²) in [5.41, 5.74) is 10.9. The average molecular weight is 242 g/mol. The molecule has 0 saturated carbocycles. The normalized spacial score (nSPS) is 18.4. The van der Waals surface area contributed by atoms with E-state index in [0.717, 1.165) is 12.8 Å². The Morgan fingerprint density at radius 3 is 3.06 bits per heavy atom. The van der Waals surface area contributed by atoms with Gasteiger partial charge in [-0.25, -0.2) is 0 Å². The van der Waals surface area contributed by atoms with Crippen LogP contribution in [0.5, 0.6) is 0 Å². The van der Waals surface area contributed by atoms with Crippen molar-refractivity contribution in [1.82, 2.24) is 4.98 Å². The average Bonchev–Trinajstić information content (AvgIpc) is 2.83. The van der Waals surface area contributed by atoms with Gasteiger partial charge in [0.15, 0.2) is 0 Å². The molecule has 3 rings (SSSR count). The van der Waals surface area contributed by atoms with Crippen LogP contribution in [0.2, 0.25) is 0 Å². The number of aromatic nitrogens is 1. The smallest absolute Gasteiger partial charge is 0.0506 e. The zero-order valence-corrected chi connectivity index (χ0v) is 10.3. The number of benzene rings is 1. The maximum absolute atomic E-state index is 9.28. The van der Waals surface area contributed by atoms with Gasteiger partial charge in [0.05, 0.1) is 6.61 Å². The van der Waals surface area contributed by atoms with Gasteiger partial charge in [0.1, 0.15) is 0 Å². The van der Waals surface area contributed by atoms with E-state index in [-0.39, 0.29) is 12.5 Å². The van der Waals surface area contributed by atoms with Gasteiger partial charge in [-0.2, -0.15) is 0 Å². The van der Waals surface area contributed by atoms with Crippen LogP contribution in [0.3, 0.4) is 0 Å². The molecule has 1 atom stereocenters. The Morgan fingerprint density at radius 2 is 2.28 bits per heavy atom. The van der Waals surface area contributed by atoms with Crippen LogP contribution in [-0.2, 0) is 6.42 Å². The number of allylic oxidation sites excluding steroid dienone is 1. The molecular formula is C15H18N2O. The zero-order valence-electron chi connectivity index (χ0n) is 10.3. The summed E-state index contributed by atoms with van der Waals surface area (Å²) in [6.07, 6.45) is 6.34. The van der Waals surface area contributed by atoms with Crippen molar-refractivity contribution in [2.75, 3.05) is 13.2 Å². The lowest BCUT2D eigenvalue weighted by molar-refractivity contribution is 0.256. The number of aromatic amines is 1. The second kappa shape index (κ2) is 4.59. The molecule has 1 aromatic heterocycles. The molecule has 0 bridgehead atoms. The van der Waals surface area contributed by atoms with E-state index in [1.807, 2.05) is 0 Å². The number of hydrogen-bond donors (Lipinski definition) is 3. The van der Waals surface area contributed by atoms with Crippen molar-refractivity contribution in [3.8, 4) is 0 Å². The highest BCUT2D eigenvalue weighted by atomic mass is 16.3. The third-order valence-electron chi connectivity index (χ3n) is 3.77. The van der Waals surface area contributed by atoms with E-state index in [9.17, 15) is 5.11 Å². The van der Waals surface area contributed by atoms with Gasteiger partial charge in [0.25, 0.3) is 0 Å². The molecule has 3 heteroatoms. The van der Waals surface area contributed by atoms with Gasteiger partial charge in [-0.15, -0.1) is 0 Å². The molecule has 94 valence electrons. The Kier molecular flexibility index (Phi) is 2.94. The molecule has 0 fully saturated rings. The van der Waals surface area contributed by atoms with E-state index in [0.29, 0.717) is 6.54 Å². The minimum Gasteiger partial charge on any atom is -0.396 e. The van der Waals surface area contributed by atoms with Crippen molar-refractivity contribution in [3.05, 3.63) is 41.6 Å². The van der Waals surface area contributed by atoms with Gasteiger partial charge in [-0.3, -0.25) is 0 Å². The molecule has 1 aliphatic carbocycles. The number of nitrogens with one attached hydrogen (secondary N) is 1. The van der Waals surface area contributed by atoms with Gasteiger partial charge >= 0.3 is 0 Å². The number of aliphatic hydroxyl groups excluding tert-OH is 1. The van der Waals surface area contributed by atoms with E-state index < -0.39 is 0 Å². The summed E-state index contributed by atoms with van der Waals surface area (Å²) in [5.74, 6) is 0.0655. The summed E-state index contributed by atoms with van der Waals surface area (Å²) in [6, 6.07) is 6.35. The molecule has 18 heavy (non-hydrogen) atoms. The Hall–Kier alpha value is -1.58. The summed E-state index contributed by atoms with van der Waals surface area (Å²) >= 11 is 0. The van der Waals surface area contributed by atoms with E-state index in [1.54, 1.807) is 0 Å². The lowest BCUT2D eigenvalue weighted by Gasteiger charge is -2.18. The first kappa shape index (κ1) is 11.5. The highest BCUT2D eigenvalue weighted by Gasteiger charge is 2.18. The summed E-state index contributed by atoms with van der Waals surface area (Å²) in [6.45, 7) is 0.617. The van der Waals surface area contributed by atoms with Crippen LogP contribution in [0.1, 0.15) is 17.5 Å². The highest BCUT2D eigenvalue weighted by Crippen LogP contribution is 2.36. The van der Waals surface area contributed by atoms with E-state index in [1.165, 1.54) is 27.6 Å². The molecule has 0 aliphatic heterocycles. The number of aryl methyl sites for hydroxylation is 1. The molecule has 1 heterocycles. The summed E-state index contributed by atoms with van der Waals surface area (Å²) in [4.78, 5) is 3.32. The quantitative estimate of drug-likeness (QED) is 0.771. The van der Waals surface area contributed by atoms with Crippen LogP contribution in [0.15, 0.2) is 30.5 Å². The third-order valence-corrected chi connectivity index (χ3v) is 3.77. The molecule has 4 N–H and O–H groups in total. The lowest BCUT2D eigenvalue weighted by atomic mass is 9.87. The largest absolute Gasteiger partial charge is 0.396 e. The summed E-state index contributed by atoms with van der Waals surface area (Å²) in [5, 5.41) is 10.6. The van der Waals surface area contributed by atoms with Crippen molar-refractivity contribution < 1.29 is 5.11 Å². The first-order valence-corrected chi connectivity index (χ1v) is 6.44. The van der Waals surface area contributed by atoms with Crippen molar-refractivity contribution in [2.45, 2.75) is 12.8 Å². The van der Waals surface area contributed by atoms with Crippen molar-refractivity contribution in [3.63, 3.8) is 0 Å². The van der Waals surface area contributed by atoms with Crippen LogP contribution in [0, 0.1) is 5.92 Å². The number of aliphatic hydroxyl groups is 1. The van der Waals surface area contributed by atoms with Crippen LogP contribution < -0.4 is 5.73 Å². The Labute approximate surface area is 106 Å². The van der Waals surface area contributed by atoms with Crippen molar-refractivity contribution >= 4 is 16.5 Å². The molecule has 0 spiro atoms. The van der Waals surface area contributed by atoms with Gasteiger partial charge in [-0.05, 0) is 35.6 Å². The zero-order chi connectivity index (χ0) is 12.5. The highest BCUT2D eigenvalue weighted by molar-refractivity contribution is 5.96. The molecule has 2 aromatic rings. The summed E-state index contributed by atoms with van der Waals surface area (Å²) in [7, 11) is 0. The summed E-state index contributed by atoms with van der Waals surface area (Å²) < 4.78 is 0. The minimum absolute atomic E-state index is 0.0655. The second-order valence-electron chi connectivity index (χ2n) is 4.91. The minimum atomic E-state index is 0.0655. The second-order valence-corrected chi connectivity index (χ2v) is 4.91. The number of rotatable bonds is 3. The predicted octanol–water partition coefficient (Wildman–Crippen LogP) is 2.06. The molecular weight excluding hydrogens is 224 g/mol. The molecule has 1 unspecified atom stereocenters. The van der Waals surface area contributed by atoms with Crippen molar-refractivity contribution in [1.29, 1.82) is 0 Å². The lowest BCUT2D eigenvalue weighted by Crippen LogP contribution is -2.16. The Bertz CT molecular complexity index is 594. The van der Waals surface area contributed by atoms with Gasteiger partial charge in [0.2, 0.25) is 0 Å². The maximum atomic E-state index is 9.28. The van der Waals surface area contributed by atoms with Crippen LogP contribution >= 0.6 is 0 Å². The first-order valence-electron chi connectivity index (χ1n) is 6.44. The predicted molar refractivity (Wildman–Crippen MR) is 74.2 cm³/mol. The standard InChI is InChI=1S/C15H18N2O/c16-7-10(9-18)6-11-4-5-12-8-17-14-3-1-2-13(11)15(12)14/h1-3,6,8,10,17-18H,4-5,7,9,16H2/b11-6+. The van der Waals surface area contributed by atoms with E-state index >= 15 is 0 Å². The van der Waals surface area contributed by atoms with Gasteiger partial charge in [-0.1, -0.05) is 18.2 Å². The third kappa shape index (κ3) is 1.76. The SMILES string of the molecule is NCC(/C=C1\CCc2c[nH]c3cccc1c23)CO. The maximum Gasteiger partial charge on any atom is 0.0506 e.